The monoisotopic (exact) mass is 494 g/mol. The first-order valence-corrected chi connectivity index (χ1v) is 11.2. The van der Waals surface area contributed by atoms with Gasteiger partial charge >= 0.3 is 6.29 Å². The van der Waals surface area contributed by atoms with Crippen molar-refractivity contribution in [1.29, 1.82) is 5.41 Å². The number of benzene rings is 2. The van der Waals surface area contributed by atoms with Gasteiger partial charge in [-0.2, -0.15) is 0 Å². The highest BCUT2D eigenvalue weighted by Gasteiger charge is 2.43. The standard InChI is InChI=1S/C26H24F2N4O4/c1-3-32(18-7-9-22-23(13-18)36-26(27,28)35-22)24(33)15-31-25(34)20-11-16(2)6-8-19(20)21(29)12-17-5-4-10-30-14-17/h4-11,13-14,29H,3,12,15H2,1-2H3,(H,31,34). The lowest BCUT2D eigenvalue weighted by Crippen LogP contribution is -2.40. The fraction of sp³-hybridized carbons (Fsp3) is 0.231. The van der Waals surface area contributed by atoms with Crippen molar-refractivity contribution in [3.8, 4) is 11.5 Å². The molecule has 4 rings (SSSR count). The number of anilines is 1. The van der Waals surface area contributed by atoms with Crippen molar-refractivity contribution >= 4 is 23.2 Å². The molecular formula is C26H24F2N4O4. The summed E-state index contributed by atoms with van der Waals surface area (Å²) in [5.41, 5.74) is 2.98. The van der Waals surface area contributed by atoms with E-state index in [-0.39, 0.29) is 35.9 Å². The quantitative estimate of drug-likeness (QED) is 0.459. The van der Waals surface area contributed by atoms with Gasteiger partial charge in [-0.15, -0.1) is 8.78 Å². The minimum absolute atomic E-state index is 0.124. The highest BCUT2D eigenvalue weighted by Crippen LogP contribution is 2.42. The van der Waals surface area contributed by atoms with Crippen molar-refractivity contribution in [1.82, 2.24) is 10.3 Å². The van der Waals surface area contributed by atoms with Crippen LogP contribution in [0.5, 0.6) is 11.5 Å². The third-order valence-corrected chi connectivity index (χ3v) is 5.56. The smallest absolute Gasteiger partial charge is 0.395 e. The van der Waals surface area contributed by atoms with Crippen LogP contribution >= 0.6 is 0 Å². The lowest BCUT2D eigenvalue weighted by Gasteiger charge is -2.21. The van der Waals surface area contributed by atoms with Crippen LogP contribution in [0.25, 0.3) is 0 Å². The highest BCUT2D eigenvalue weighted by molar-refractivity contribution is 6.10. The molecule has 0 unspecified atom stereocenters. The maximum absolute atomic E-state index is 13.3. The summed E-state index contributed by atoms with van der Waals surface area (Å²) in [5, 5.41) is 11.1. The van der Waals surface area contributed by atoms with Crippen LogP contribution in [0.2, 0.25) is 0 Å². The number of nitrogens with zero attached hydrogens (tertiary/aromatic N) is 2. The molecule has 0 radical (unpaired) electrons. The van der Waals surface area contributed by atoms with E-state index in [1.54, 1.807) is 37.5 Å². The van der Waals surface area contributed by atoms with Gasteiger partial charge in [0, 0.05) is 54.0 Å². The van der Waals surface area contributed by atoms with Gasteiger partial charge in [0.1, 0.15) is 0 Å². The van der Waals surface area contributed by atoms with Gasteiger partial charge in [0.25, 0.3) is 5.91 Å². The van der Waals surface area contributed by atoms with Crippen LogP contribution in [0.4, 0.5) is 14.5 Å². The summed E-state index contributed by atoms with van der Waals surface area (Å²) in [6.07, 6.45) is -0.153. The maximum Gasteiger partial charge on any atom is 0.586 e. The second kappa shape index (κ2) is 10.1. The van der Waals surface area contributed by atoms with E-state index in [0.29, 0.717) is 17.7 Å². The van der Waals surface area contributed by atoms with Gasteiger partial charge in [-0.25, -0.2) is 0 Å². The molecule has 2 amide bonds. The third kappa shape index (κ3) is 5.48. The highest BCUT2D eigenvalue weighted by atomic mass is 19.3. The van der Waals surface area contributed by atoms with Crippen molar-refractivity contribution in [2.45, 2.75) is 26.6 Å². The Morgan fingerprint density at radius 2 is 1.86 bits per heavy atom. The van der Waals surface area contributed by atoms with Crippen LogP contribution in [0.1, 0.15) is 34.0 Å². The molecule has 2 heterocycles. The normalized spacial score (nSPS) is 13.2. The number of pyridine rings is 1. The zero-order valence-corrected chi connectivity index (χ0v) is 19.7. The average molecular weight is 494 g/mol. The Kier molecular flexibility index (Phi) is 6.96. The first-order chi connectivity index (χ1) is 17.2. The number of carbonyl (C=O) groups is 2. The van der Waals surface area contributed by atoms with Gasteiger partial charge in [0.05, 0.1) is 6.54 Å². The van der Waals surface area contributed by atoms with Crippen LogP contribution in [0.3, 0.4) is 0 Å². The molecule has 1 aromatic heterocycles. The summed E-state index contributed by atoms with van der Waals surface area (Å²) in [4.78, 5) is 31.3. The van der Waals surface area contributed by atoms with Crippen molar-refractivity contribution in [2.75, 3.05) is 18.0 Å². The van der Waals surface area contributed by atoms with Gasteiger partial charge in [0.2, 0.25) is 5.91 Å². The van der Waals surface area contributed by atoms with E-state index in [1.807, 2.05) is 19.1 Å². The largest absolute Gasteiger partial charge is 0.586 e. The molecule has 0 bridgehead atoms. The molecule has 36 heavy (non-hydrogen) atoms. The van der Waals surface area contributed by atoms with Crippen LogP contribution in [0, 0.1) is 12.3 Å². The molecule has 2 aromatic carbocycles. The van der Waals surface area contributed by atoms with E-state index in [2.05, 4.69) is 19.8 Å². The predicted molar refractivity (Wildman–Crippen MR) is 129 cm³/mol. The second-order valence-electron chi connectivity index (χ2n) is 8.18. The van der Waals surface area contributed by atoms with E-state index in [1.165, 1.54) is 23.1 Å². The number of fused-ring (bicyclic) bond motifs is 1. The molecule has 1 aliphatic rings. The number of likely N-dealkylation sites (N-methyl/N-ethyl adjacent to an activating group) is 1. The average Bonchev–Trinajstić information content (AvgIpc) is 3.16. The summed E-state index contributed by atoms with van der Waals surface area (Å²) >= 11 is 0. The summed E-state index contributed by atoms with van der Waals surface area (Å²) in [6.45, 7) is 3.45. The summed E-state index contributed by atoms with van der Waals surface area (Å²) in [7, 11) is 0. The number of ether oxygens (including phenoxy) is 2. The van der Waals surface area contributed by atoms with Crippen molar-refractivity contribution in [2.24, 2.45) is 0 Å². The van der Waals surface area contributed by atoms with E-state index < -0.39 is 18.1 Å². The van der Waals surface area contributed by atoms with Crippen LogP contribution < -0.4 is 19.7 Å². The molecule has 3 aromatic rings. The minimum Gasteiger partial charge on any atom is -0.395 e. The first kappa shape index (κ1) is 24.8. The van der Waals surface area contributed by atoms with Crippen molar-refractivity contribution in [3.63, 3.8) is 0 Å². The van der Waals surface area contributed by atoms with Crippen LogP contribution in [-0.4, -0.2) is 41.9 Å². The number of halogens is 2. The van der Waals surface area contributed by atoms with E-state index >= 15 is 0 Å². The molecule has 1 aliphatic heterocycles. The van der Waals surface area contributed by atoms with Crippen LogP contribution in [0.15, 0.2) is 60.9 Å². The molecular weight excluding hydrogens is 470 g/mol. The summed E-state index contributed by atoms with van der Waals surface area (Å²) in [5.74, 6) is -1.25. The van der Waals surface area contributed by atoms with E-state index in [9.17, 15) is 18.4 Å². The number of alkyl halides is 2. The molecule has 2 N–H and O–H groups in total. The maximum atomic E-state index is 13.3. The Hall–Kier alpha value is -4.34. The number of hydrogen-bond acceptors (Lipinski definition) is 6. The first-order valence-electron chi connectivity index (χ1n) is 11.2. The number of carbonyl (C=O) groups excluding carboxylic acids is 2. The summed E-state index contributed by atoms with van der Waals surface area (Å²) in [6, 6.07) is 12.9. The minimum atomic E-state index is -3.76. The molecule has 0 spiro atoms. The molecule has 0 aliphatic carbocycles. The zero-order valence-electron chi connectivity index (χ0n) is 19.7. The SMILES string of the molecule is CCN(C(=O)CNC(=O)c1cc(C)ccc1C(=N)Cc1cccnc1)c1ccc2c(c1)OC(F)(F)O2. The number of aryl methyl sites for hydroxylation is 1. The summed E-state index contributed by atoms with van der Waals surface area (Å²) < 4.78 is 35.5. The Morgan fingerprint density at radius 1 is 1.08 bits per heavy atom. The molecule has 0 saturated carbocycles. The van der Waals surface area contributed by atoms with Crippen molar-refractivity contribution in [3.05, 3.63) is 83.2 Å². The fourth-order valence-corrected chi connectivity index (χ4v) is 3.87. The second-order valence-corrected chi connectivity index (χ2v) is 8.18. The Balaban J connectivity index is 1.46. The number of hydrogen-bond donors (Lipinski definition) is 2. The molecule has 0 atom stereocenters. The van der Waals surface area contributed by atoms with Gasteiger partial charge in [-0.3, -0.25) is 14.6 Å². The topological polar surface area (TPSA) is 105 Å². The molecule has 8 nitrogen and oxygen atoms in total. The predicted octanol–water partition coefficient (Wildman–Crippen LogP) is 4.10. The zero-order chi connectivity index (χ0) is 25.9. The Labute approximate surface area is 206 Å². The number of aromatic nitrogens is 1. The number of amides is 2. The van der Waals surface area contributed by atoms with Gasteiger partial charge in [-0.05, 0) is 43.7 Å². The Morgan fingerprint density at radius 3 is 2.58 bits per heavy atom. The number of nitrogens with one attached hydrogen (secondary N) is 2. The van der Waals surface area contributed by atoms with Gasteiger partial charge in [0.15, 0.2) is 11.5 Å². The molecule has 0 saturated heterocycles. The lowest BCUT2D eigenvalue weighted by atomic mass is 9.96. The van der Waals surface area contributed by atoms with Gasteiger partial charge < -0.3 is 25.1 Å². The molecule has 10 heteroatoms. The van der Waals surface area contributed by atoms with E-state index in [4.69, 9.17) is 5.41 Å². The molecule has 186 valence electrons. The third-order valence-electron chi connectivity index (χ3n) is 5.56. The van der Waals surface area contributed by atoms with Gasteiger partial charge in [-0.1, -0.05) is 23.8 Å². The van der Waals surface area contributed by atoms with E-state index in [0.717, 1.165) is 11.1 Å². The Bertz CT molecular complexity index is 1310. The lowest BCUT2D eigenvalue weighted by molar-refractivity contribution is -0.286. The number of rotatable bonds is 8. The molecule has 0 fully saturated rings. The van der Waals surface area contributed by atoms with Crippen LogP contribution in [-0.2, 0) is 11.2 Å². The van der Waals surface area contributed by atoms with Crippen molar-refractivity contribution < 1.29 is 27.8 Å². The fourth-order valence-electron chi connectivity index (χ4n) is 3.87.